The Balaban J connectivity index is 2.02. The molecule has 104 valence electrons. The van der Waals surface area contributed by atoms with Crippen molar-refractivity contribution < 1.29 is 4.79 Å². The van der Waals surface area contributed by atoms with Crippen LogP contribution in [0.15, 0.2) is 24.3 Å². The molecule has 0 bridgehead atoms. The molecule has 2 rings (SSSR count). The Morgan fingerprint density at radius 1 is 1.47 bits per heavy atom. The van der Waals surface area contributed by atoms with E-state index < -0.39 is 0 Å². The standard InChI is InChI=1S/C15H21ClN2O/c1-3-14(11-4-6-12(16)7-5-11)18-15(19)13-8-9-17-10(13)2/h4-7,10,13-14,17H,3,8-9H2,1-2H3,(H,18,19). The van der Waals surface area contributed by atoms with Crippen LogP contribution in [0.1, 0.15) is 38.3 Å². The lowest BCUT2D eigenvalue weighted by Gasteiger charge is -2.21. The molecule has 1 aromatic carbocycles. The second kappa shape index (κ2) is 6.40. The van der Waals surface area contributed by atoms with Crippen LogP contribution in [-0.2, 0) is 4.79 Å². The zero-order chi connectivity index (χ0) is 13.8. The highest BCUT2D eigenvalue weighted by molar-refractivity contribution is 6.30. The molecule has 3 nitrogen and oxygen atoms in total. The summed E-state index contributed by atoms with van der Waals surface area (Å²) in [6.45, 7) is 5.08. The van der Waals surface area contributed by atoms with Gasteiger partial charge in [0.15, 0.2) is 0 Å². The molecule has 3 atom stereocenters. The summed E-state index contributed by atoms with van der Waals surface area (Å²) in [7, 11) is 0. The predicted octanol–water partition coefficient (Wildman–Crippen LogP) is 2.91. The number of halogens is 1. The van der Waals surface area contributed by atoms with E-state index in [-0.39, 0.29) is 23.9 Å². The Bertz CT molecular complexity index is 432. The summed E-state index contributed by atoms with van der Waals surface area (Å²) in [6, 6.07) is 8.03. The Hall–Kier alpha value is -1.06. The number of nitrogens with one attached hydrogen (secondary N) is 2. The average molecular weight is 281 g/mol. The van der Waals surface area contributed by atoms with Crippen molar-refractivity contribution in [2.24, 2.45) is 5.92 Å². The molecular weight excluding hydrogens is 260 g/mol. The lowest BCUT2D eigenvalue weighted by Crippen LogP contribution is -2.38. The topological polar surface area (TPSA) is 41.1 Å². The molecule has 0 radical (unpaired) electrons. The van der Waals surface area contributed by atoms with Gasteiger partial charge in [-0.2, -0.15) is 0 Å². The zero-order valence-electron chi connectivity index (χ0n) is 11.4. The van der Waals surface area contributed by atoms with Crippen molar-refractivity contribution in [2.75, 3.05) is 6.54 Å². The molecule has 3 unspecified atom stereocenters. The van der Waals surface area contributed by atoms with E-state index in [1.165, 1.54) is 0 Å². The minimum absolute atomic E-state index is 0.0672. The fourth-order valence-electron chi connectivity index (χ4n) is 2.61. The summed E-state index contributed by atoms with van der Waals surface area (Å²) >= 11 is 5.89. The number of carbonyl (C=O) groups excluding carboxylic acids is 1. The van der Waals surface area contributed by atoms with E-state index in [2.05, 4.69) is 24.5 Å². The van der Waals surface area contributed by atoms with Gasteiger partial charge in [0.2, 0.25) is 5.91 Å². The van der Waals surface area contributed by atoms with Crippen molar-refractivity contribution in [1.82, 2.24) is 10.6 Å². The highest BCUT2D eigenvalue weighted by atomic mass is 35.5. The van der Waals surface area contributed by atoms with Gasteiger partial charge in [-0.25, -0.2) is 0 Å². The maximum absolute atomic E-state index is 12.3. The maximum Gasteiger partial charge on any atom is 0.225 e. The third kappa shape index (κ3) is 3.48. The smallest absolute Gasteiger partial charge is 0.225 e. The van der Waals surface area contributed by atoms with Crippen LogP contribution in [0.2, 0.25) is 5.02 Å². The maximum atomic E-state index is 12.3. The number of carbonyl (C=O) groups is 1. The van der Waals surface area contributed by atoms with Gasteiger partial charge >= 0.3 is 0 Å². The zero-order valence-corrected chi connectivity index (χ0v) is 12.2. The molecule has 4 heteroatoms. The van der Waals surface area contributed by atoms with E-state index in [0.29, 0.717) is 0 Å². The second-order valence-electron chi connectivity index (χ2n) is 5.16. The van der Waals surface area contributed by atoms with E-state index in [1.54, 1.807) is 0 Å². The SMILES string of the molecule is CCC(NC(=O)C1CCNC1C)c1ccc(Cl)cc1. The van der Waals surface area contributed by atoms with Gasteiger partial charge in [0, 0.05) is 11.1 Å². The van der Waals surface area contributed by atoms with E-state index in [1.807, 2.05) is 24.3 Å². The lowest BCUT2D eigenvalue weighted by atomic mass is 9.98. The molecule has 0 spiro atoms. The van der Waals surface area contributed by atoms with Crippen LogP contribution in [0.4, 0.5) is 0 Å². The number of hydrogen-bond acceptors (Lipinski definition) is 2. The summed E-state index contributed by atoms with van der Waals surface area (Å²) in [4.78, 5) is 12.3. The van der Waals surface area contributed by atoms with Crippen LogP contribution < -0.4 is 10.6 Å². The van der Waals surface area contributed by atoms with Crippen LogP contribution in [-0.4, -0.2) is 18.5 Å². The molecule has 0 saturated carbocycles. The van der Waals surface area contributed by atoms with Crippen molar-refractivity contribution in [3.05, 3.63) is 34.9 Å². The number of hydrogen-bond donors (Lipinski definition) is 2. The summed E-state index contributed by atoms with van der Waals surface area (Å²) < 4.78 is 0. The Kier molecular flexibility index (Phi) is 4.83. The first-order valence-corrected chi connectivity index (χ1v) is 7.28. The highest BCUT2D eigenvalue weighted by Gasteiger charge is 2.30. The molecule has 1 heterocycles. The molecule has 19 heavy (non-hydrogen) atoms. The van der Waals surface area contributed by atoms with E-state index >= 15 is 0 Å². The van der Waals surface area contributed by atoms with Gasteiger partial charge in [-0.3, -0.25) is 4.79 Å². The first-order valence-electron chi connectivity index (χ1n) is 6.91. The van der Waals surface area contributed by atoms with Crippen molar-refractivity contribution >= 4 is 17.5 Å². The summed E-state index contributed by atoms with van der Waals surface area (Å²) in [5.74, 6) is 0.237. The molecule has 1 saturated heterocycles. The van der Waals surface area contributed by atoms with Gasteiger partial charge in [0.25, 0.3) is 0 Å². The van der Waals surface area contributed by atoms with Gasteiger partial charge in [-0.1, -0.05) is 30.7 Å². The van der Waals surface area contributed by atoms with Gasteiger partial charge < -0.3 is 10.6 Å². The average Bonchev–Trinajstić information content (AvgIpc) is 2.83. The normalized spacial score (nSPS) is 24.2. The van der Waals surface area contributed by atoms with Crippen LogP contribution in [0.25, 0.3) is 0 Å². The first-order chi connectivity index (χ1) is 9.11. The van der Waals surface area contributed by atoms with Gasteiger partial charge in [-0.05, 0) is 44.0 Å². The van der Waals surface area contributed by atoms with Crippen LogP contribution in [0.5, 0.6) is 0 Å². The quantitative estimate of drug-likeness (QED) is 0.890. The monoisotopic (exact) mass is 280 g/mol. The first kappa shape index (κ1) is 14.4. The number of benzene rings is 1. The van der Waals surface area contributed by atoms with Gasteiger partial charge in [-0.15, -0.1) is 0 Å². The van der Waals surface area contributed by atoms with Gasteiger partial charge in [0.05, 0.1) is 12.0 Å². The minimum Gasteiger partial charge on any atom is -0.349 e. The van der Waals surface area contributed by atoms with E-state index in [4.69, 9.17) is 11.6 Å². The fourth-order valence-corrected chi connectivity index (χ4v) is 2.74. The third-order valence-corrected chi connectivity index (χ3v) is 4.11. The van der Waals surface area contributed by atoms with Crippen LogP contribution in [0, 0.1) is 5.92 Å². The molecule has 0 aliphatic carbocycles. The Morgan fingerprint density at radius 2 is 2.16 bits per heavy atom. The third-order valence-electron chi connectivity index (χ3n) is 3.86. The Labute approximate surface area is 119 Å². The second-order valence-corrected chi connectivity index (χ2v) is 5.60. The summed E-state index contributed by atoms with van der Waals surface area (Å²) in [6.07, 6.45) is 1.80. The number of rotatable bonds is 4. The van der Waals surface area contributed by atoms with Crippen molar-refractivity contribution in [3.8, 4) is 0 Å². The van der Waals surface area contributed by atoms with E-state index in [9.17, 15) is 4.79 Å². The lowest BCUT2D eigenvalue weighted by molar-refractivity contribution is -0.125. The largest absolute Gasteiger partial charge is 0.349 e. The molecule has 1 amide bonds. The van der Waals surface area contributed by atoms with Crippen molar-refractivity contribution in [1.29, 1.82) is 0 Å². The minimum atomic E-state index is 0.0672. The van der Waals surface area contributed by atoms with E-state index in [0.717, 1.165) is 30.0 Å². The molecule has 1 fully saturated rings. The molecule has 2 N–H and O–H groups in total. The molecule has 1 aliphatic heterocycles. The molecule has 1 aromatic rings. The summed E-state index contributed by atoms with van der Waals surface area (Å²) in [5, 5.41) is 7.18. The van der Waals surface area contributed by atoms with Crippen LogP contribution in [0.3, 0.4) is 0 Å². The Morgan fingerprint density at radius 3 is 2.68 bits per heavy atom. The highest BCUT2D eigenvalue weighted by Crippen LogP contribution is 2.22. The fraction of sp³-hybridized carbons (Fsp3) is 0.533. The van der Waals surface area contributed by atoms with Crippen molar-refractivity contribution in [3.63, 3.8) is 0 Å². The summed E-state index contributed by atoms with van der Waals surface area (Å²) in [5.41, 5.74) is 1.11. The molecular formula is C15H21ClN2O. The van der Waals surface area contributed by atoms with Gasteiger partial charge in [0.1, 0.15) is 0 Å². The predicted molar refractivity (Wildman–Crippen MR) is 78.2 cm³/mol. The molecule has 0 aromatic heterocycles. The number of amides is 1. The van der Waals surface area contributed by atoms with Crippen LogP contribution >= 0.6 is 11.6 Å². The molecule has 1 aliphatic rings. The van der Waals surface area contributed by atoms with Crippen molar-refractivity contribution in [2.45, 2.75) is 38.8 Å².